The molecule has 224 valence electrons. The average molecular weight is 552 g/mol. The molecule has 0 aromatic rings. The van der Waals surface area contributed by atoms with E-state index in [1.807, 2.05) is 0 Å². The number of fused-ring (bicyclic) bond motifs is 7. The molecule has 6 rings (SSSR count). The molecule has 4 nitrogen and oxygen atoms in total. The first-order valence-corrected chi connectivity index (χ1v) is 16.9. The van der Waals surface area contributed by atoms with Crippen LogP contribution in [0.1, 0.15) is 139 Å². The van der Waals surface area contributed by atoms with E-state index < -0.39 is 0 Å². The predicted molar refractivity (Wildman–Crippen MR) is 161 cm³/mol. The first-order valence-electron chi connectivity index (χ1n) is 16.9. The summed E-state index contributed by atoms with van der Waals surface area (Å²) in [5.41, 5.74) is 3.50. The molecule has 0 bridgehead atoms. The molecule has 0 aliphatic heterocycles. The first-order chi connectivity index (χ1) is 18.7. The maximum atomic E-state index is 13.4. The van der Waals surface area contributed by atoms with Crippen molar-refractivity contribution in [3.8, 4) is 0 Å². The fraction of sp³-hybridized carbons (Fsp3) is 0.889. The lowest BCUT2D eigenvalue weighted by Gasteiger charge is -2.72. The zero-order chi connectivity index (χ0) is 28.9. The molecule has 0 saturated heterocycles. The van der Waals surface area contributed by atoms with Crippen molar-refractivity contribution < 1.29 is 14.3 Å². The largest absolute Gasteiger partial charge is 0.446 e. The van der Waals surface area contributed by atoms with Gasteiger partial charge >= 0.3 is 6.09 Å². The Kier molecular flexibility index (Phi) is 6.72. The molecule has 4 heteroatoms. The Morgan fingerprint density at radius 1 is 0.825 bits per heavy atom. The maximum Gasteiger partial charge on any atom is 0.407 e. The Hall–Kier alpha value is -1.32. The third kappa shape index (κ3) is 3.88. The number of alkyl carbamates (subject to hydrolysis) is 1. The number of amides is 1. The van der Waals surface area contributed by atoms with Gasteiger partial charge in [0.15, 0.2) is 5.78 Å². The lowest BCUT2D eigenvalue weighted by molar-refractivity contribution is -0.219. The summed E-state index contributed by atoms with van der Waals surface area (Å²) in [6.07, 6.45) is 14.5. The van der Waals surface area contributed by atoms with Gasteiger partial charge in [0, 0.05) is 12.5 Å². The van der Waals surface area contributed by atoms with Crippen LogP contribution in [0.5, 0.6) is 0 Å². The van der Waals surface area contributed by atoms with Crippen molar-refractivity contribution in [2.75, 3.05) is 0 Å². The molecule has 0 aromatic heterocycles. The van der Waals surface area contributed by atoms with Crippen LogP contribution in [0.2, 0.25) is 0 Å². The van der Waals surface area contributed by atoms with Crippen molar-refractivity contribution in [3.63, 3.8) is 0 Å². The highest BCUT2D eigenvalue weighted by atomic mass is 16.6. The van der Waals surface area contributed by atoms with Crippen LogP contribution in [0, 0.1) is 50.7 Å². The lowest BCUT2D eigenvalue weighted by atomic mass is 9.32. The number of Topliss-reactive ketones (excluding diaryl/α,β-unsaturated/α-hetero) is 1. The van der Waals surface area contributed by atoms with Crippen molar-refractivity contribution in [2.45, 2.75) is 151 Å². The Bertz CT molecular complexity index is 1100. The van der Waals surface area contributed by atoms with E-state index in [0.29, 0.717) is 29.5 Å². The number of carbonyl (C=O) groups is 2. The molecule has 0 heterocycles. The number of allylic oxidation sites excluding steroid dienone is 2. The Balaban J connectivity index is 1.37. The molecule has 1 N–H and O–H groups in total. The van der Waals surface area contributed by atoms with Gasteiger partial charge in [0.2, 0.25) is 0 Å². The predicted octanol–water partition coefficient (Wildman–Crippen LogP) is 9.02. The number of hydrogen-bond acceptors (Lipinski definition) is 3. The van der Waals surface area contributed by atoms with Crippen LogP contribution in [0.3, 0.4) is 0 Å². The van der Waals surface area contributed by atoms with Crippen LogP contribution in [0.4, 0.5) is 4.79 Å². The lowest BCUT2D eigenvalue weighted by Crippen LogP contribution is -2.69. The second-order valence-electron chi connectivity index (χ2n) is 17.2. The minimum Gasteiger partial charge on any atom is -0.446 e. The molecule has 6 aliphatic rings. The molecule has 0 aromatic carbocycles. The second kappa shape index (κ2) is 9.34. The Labute approximate surface area is 244 Å². The summed E-state index contributed by atoms with van der Waals surface area (Å²) in [5, 5.41) is 3.51. The number of rotatable bonds is 3. The molecule has 5 saturated carbocycles. The highest BCUT2D eigenvalue weighted by Crippen LogP contribution is 2.76. The summed E-state index contributed by atoms with van der Waals surface area (Å²) in [4.78, 5) is 26.7. The highest BCUT2D eigenvalue weighted by molar-refractivity contribution is 6.00. The van der Waals surface area contributed by atoms with E-state index in [1.165, 1.54) is 50.5 Å². The van der Waals surface area contributed by atoms with Crippen molar-refractivity contribution >= 4 is 11.9 Å². The van der Waals surface area contributed by atoms with Crippen LogP contribution in [0.25, 0.3) is 0 Å². The Morgan fingerprint density at radius 2 is 1.52 bits per heavy atom. The van der Waals surface area contributed by atoms with Gasteiger partial charge in [-0.3, -0.25) is 4.79 Å². The van der Waals surface area contributed by atoms with Crippen LogP contribution in [-0.4, -0.2) is 24.0 Å². The fourth-order valence-corrected chi connectivity index (χ4v) is 12.4. The quantitative estimate of drug-likeness (QED) is 0.381. The van der Waals surface area contributed by atoms with E-state index in [-0.39, 0.29) is 45.3 Å². The van der Waals surface area contributed by atoms with E-state index in [1.54, 1.807) is 5.57 Å². The van der Waals surface area contributed by atoms with Crippen LogP contribution >= 0.6 is 0 Å². The summed E-state index contributed by atoms with van der Waals surface area (Å²) in [6.45, 7) is 19.7. The van der Waals surface area contributed by atoms with Gasteiger partial charge in [-0.2, -0.15) is 0 Å². The van der Waals surface area contributed by atoms with E-state index in [4.69, 9.17) is 4.74 Å². The topological polar surface area (TPSA) is 55.4 Å². The normalized spacial score (nSPS) is 46.5. The van der Waals surface area contributed by atoms with Gasteiger partial charge in [-0.25, -0.2) is 4.79 Å². The third-order valence-electron chi connectivity index (χ3n) is 14.6. The highest BCUT2D eigenvalue weighted by Gasteiger charge is 2.70. The summed E-state index contributed by atoms with van der Waals surface area (Å²) in [5.74, 6) is 2.40. The Morgan fingerprint density at radius 3 is 2.20 bits per heavy atom. The smallest absolute Gasteiger partial charge is 0.407 e. The molecule has 0 radical (unpaired) electrons. The molecular formula is C36H57NO3. The zero-order valence-electron chi connectivity index (χ0n) is 26.9. The SMILES string of the molecule is CC(C)C1=C2[C@H]3CC[C@@H]4[C@@]5(C)C(NC(=O)OC6CCCC6)CCC(C)(C)[C@@H]5CC[C@@]4(C)[C@]3(C)CC[C@@]2(C)CC1=O. The molecule has 1 unspecified atom stereocenters. The van der Waals surface area contributed by atoms with Crippen molar-refractivity contribution in [1.82, 2.24) is 5.32 Å². The summed E-state index contributed by atoms with van der Waals surface area (Å²) < 4.78 is 5.97. The van der Waals surface area contributed by atoms with E-state index in [2.05, 4.69) is 60.7 Å². The second-order valence-corrected chi connectivity index (χ2v) is 17.2. The van der Waals surface area contributed by atoms with Gasteiger partial charge in [-0.1, -0.05) is 61.0 Å². The fourth-order valence-electron chi connectivity index (χ4n) is 12.4. The first kappa shape index (κ1) is 28.8. The molecule has 5 fully saturated rings. The number of hydrogen-bond donors (Lipinski definition) is 1. The monoisotopic (exact) mass is 551 g/mol. The van der Waals surface area contributed by atoms with E-state index >= 15 is 0 Å². The average Bonchev–Trinajstić information content (AvgIpc) is 3.46. The maximum absolute atomic E-state index is 13.4. The minimum atomic E-state index is -0.173. The van der Waals surface area contributed by atoms with Gasteiger partial charge in [0.1, 0.15) is 6.10 Å². The number of nitrogens with one attached hydrogen (secondary N) is 1. The van der Waals surface area contributed by atoms with Crippen LogP contribution < -0.4 is 5.32 Å². The molecule has 0 spiro atoms. The number of ether oxygens (including phenoxy) is 1. The van der Waals surface area contributed by atoms with Gasteiger partial charge in [0.25, 0.3) is 0 Å². The summed E-state index contributed by atoms with van der Waals surface area (Å²) >= 11 is 0. The summed E-state index contributed by atoms with van der Waals surface area (Å²) in [7, 11) is 0. The molecule has 1 amide bonds. The molecule has 40 heavy (non-hydrogen) atoms. The van der Waals surface area contributed by atoms with Gasteiger partial charge < -0.3 is 10.1 Å². The van der Waals surface area contributed by atoms with Crippen molar-refractivity contribution in [1.29, 1.82) is 0 Å². The van der Waals surface area contributed by atoms with Crippen molar-refractivity contribution in [3.05, 3.63) is 11.1 Å². The molecule has 8 atom stereocenters. The third-order valence-corrected chi connectivity index (χ3v) is 14.6. The molecular weight excluding hydrogens is 494 g/mol. The van der Waals surface area contributed by atoms with Crippen LogP contribution in [-0.2, 0) is 9.53 Å². The van der Waals surface area contributed by atoms with E-state index in [9.17, 15) is 9.59 Å². The van der Waals surface area contributed by atoms with E-state index in [0.717, 1.165) is 38.5 Å². The van der Waals surface area contributed by atoms with Gasteiger partial charge in [-0.15, -0.1) is 0 Å². The number of carbonyl (C=O) groups excluding carboxylic acids is 2. The zero-order valence-corrected chi connectivity index (χ0v) is 26.9. The number of ketones is 1. The van der Waals surface area contributed by atoms with Crippen molar-refractivity contribution in [2.24, 2.45) is 50.7 Å². The van der Waals surface area contributed by atoms with Gasteiger partial charge in [0.05, 0.1) is 0 Å². The molecule has 6 aliphatic carbocycles. The van der Waals surface area contributed by atoms with Gasteiger partial charge in [-0.05, 0) is 133 Å². The standard InChI is InChI=1S/C36H57NO3/c1-22(2)29-25(38)21-33(5)19-20-34(6)24(30(29)33)13-14-27-35(34,7)18-15-26-32(3,4)17-16-28(36(26,27)8)37-31(39)40-23-11-9-10-12-23/h22-24,26-28H,9-21H2,1-8H3,(H,37,39)/t24-,26+,27+,28?,33+,34-,35-,36+/m1/s1. The summed E-state index contributed by atoms with van der Waals surface area (Å²) in [6, 6.07) is 0.163. The van der Waals surface area contributed by atoms with Crippen LogP contribution in [0.15, 0.2) is 11.1 Å². The minimum absolute atomic E-state index is 0.0406.